The standard InChI is InChI=1S/C23H23NO2S/c1-18-12-14-22(15-13-18)27(25,26)24-21(16-19-8-4-2-5-9-19)17-23(24)20-10-6-3-7-11-20/h2-15,21,23H,16-17H2,1H3/t21-,23-/m0/s1. The Kier molecular flexibility index (Phi) is 4.85. The lowest BCUT2D eigenvalue weighted by atomic mass is 9.87. The van der Waals surface area contributed by atoms with Crippen molar-refractivity contribution in [3.8, 4) is 0 Å². The first-order valence-electron chi connectivity index (χ1n) is 9.25. The average molecular weight is 378 g/mol. The second-order valence-corrected chi connectivity index (χ2v) is 9.00. The first kappa shape index (κ1) is 18.0. The monoisotopic (exact) mass is 377 g/mol. The van der Waals surface area contributed by atoms with E-state index >= 15 is 0 Å². The molecule has 1 saturated heterocycles. The van der Waals surface area contributed by atoms with Crippen molar-refractivity contribution in [1.82, 2.24) is 4.31 Å². The SMILES string of the molecule is Cc1ccc(S(=O)(=O)N2[C@@H](Cc3ccccc3)C[C@H]2c2ccccc2)cc1. The quantitative estimate of drug-likeness (QED) is 0.644. The van der Waals surface area contributed by atoms with Crippen LogP contribution >= 0.6 is 0 Å². The Bertz CT molecular complexity index is 999. The molecular formula is C23H23NO2S. The molecule has 0 unspecified atom stereocenters. The van der Waals surface area contributed by atoms with Gasteiger partial charge in [-0.2, -0.15) is 4.31 Å². The molecule has 4 rings (SSSR count). The van der Waals surface area contributed by atoms with Crippen LogP contribution in [0.15, 0.2) is 89.8 Å². The summed E-state index contributed by atoms with van der Waals surface area (Å²) in [7, 11) is -3.55. The minimum atomic E-state index is -3.55. The number of hydrogen-bond donors (Lipinski definition) is 0. The maximum atomic E-state index is 13.4. The first-order valence-corrected chi connectivity index (χ1v) is 10.7. The van der Waals surface area contributed by atoms with Gasteiger partial charge in [0.05, 0.1) is 10.9 Å². The number of nitrogens with zero attached hydrogens (tertiary/aromatic N) is 1. The van der Waals surface area contributed by atoms with Crippen molar-refractivity contribution in [3.05, 3.63) is 102 Å². The van der Waals surface area contributed by atoms with Crippen molar-refractivity contribution < 1.29 is 8.42 Å². The Balaban J connectivity index is 1.68. The first-order chi connectivity index (χ1) is 13.1. The van der Waals surface area contributed by atoms with Gasteiger partial charge in [-0.1, -0.05) is 78.4 Å². The van der Waals surface area contributed by atoms with Crippen LogP contribution in [-0.2, 0) is 16.4 Å². The average Bonchev–Trinajstić information content (AvgIpc) is 2.66. The Morgan fingerprint density at radius 2 is 1.44 bits per heavy atom. The molecule has 0 bridgehead atoms. The van der Waals surface area contributed by atoms with Crippen molar-refractivity contribution >= 4 is 10.0 Å². The van der Waals surface area contributed by atoms with E-state index in [2.05, 4.69) is 12.1 Å². The van der Waals surface area contributed by atoms with Crippen molar-refractivity contribution in [2.24, 2.45) is 0 Å². The van der Waals surface area contributed by atoms with E-state index < -0.39 is 10.0 Å². The fourth-order valence-corrected chi connectivity index (χ4v) is 5.61. The fourth-order valence-electron chi connectivity index (χ4n) is 3.80. The van der Waals surface area contributed by atoms with Gasteiger partial charge in [0.15, 0.2) is 0 Å². The summed E-state index contributed by atoms with van der Waals surface area (Å²) in [6.07, 6.45) is 1.57. The van der Waals surface area contributed by atoms with Crippen LogP contribution < -0.4 is 0 Å². The van der Waals surface area contributed by atoms with Crippen LogP contribution in [0.1, 0.15) is 29.2 Å². The molecule has 1 heterocycles. The summed E-state index contributed by atoms with van der Waals surface area (Å²) in [5.41, 5.74) is 3.27. The minimum Gasteiger partial charge on any atom is -0.207 e. The van der Waals surface area contributed by atoms with Crippen molar-refractivity contribution in [3.63, 3.8) is 0 Å². The third-order valence-electron chi connectivity index (χ3n) is 5.26. The third-order valence-corrected chi connectivity index (χ3v) is 7.23. The van der Waals surface area contributed by atoms with E-state index in [4.69, 9.17) is 0 Å². The molecule has 2 atom stereocenters. The number of sulfonamides is 1. The van der Waals surface area contributed by atoms with Crippen molar-refractivity contribution in [2.75, 3.05) is 0 Å². The van der Waals surface area contributed by atoms with Gasteiger partial charge >= 0.3 is 0 Å². The summed E-state index contributed by atoms with van der Waals surface area (Å²) in [5, 5.41) is 0. The molecule has 0 saturated carbocycles. The maximum absolute atomic E-state index is 13.4. The number of hydrogen-bond acceptors (Lipinski definition) is 2. The number of aryl methyl sites for hydroxylation is 1. The lowest BCUT2D eigenvalue weighted by Gasteiger charge is -2.47. The Morgan fingerprint density at radius 3 is 2.07 bits per heavy atom. The second-order valence-electron chi connectivity index (χ2n) is 7.15. The highest BCUT2D eigenvalue weighted by atomic mass is 32.2. The molecule has 27 heavy (non-hydrogen) atoms. The molecule has 0 amide bonds. The summed E-state index contributed by atoms with van der Waals surface area (Å²) in [6.45, 7) is 1.96. The zero-order valence-corrected chi connectivity index (χ0v) is 16.1. The minimum absolute atomic E-state index is 0.0242. The second kappa shape index (κ2) is 7.29. The van der Waals surface area contributed by atoms with Crippen LogP contribution in [0.25, 0.3) is 0 Å². The van der Waals surface area contributed by atoms with Gasteiger partial charge in [0, 0.05) is 6.04 Å². The van der Waals surface area contributed by atoms with Gasteiger partial charge in [0.1, 0.15) is 0 Å². The molecule has 1 aliphatic rings. The van der Waals surface area contributed by atoms with Crippen LogP contribution in [0.3, 0.4) is 0 Å². The molecule has 138 valence electrons. The molecule has 0 N–H and O–H groups in total. The van der Waals surface area contributed by atoms with Crippen LogP contribution in [0.4, 0.5) is 0 Å². The summed E-state index contributed by atoms with van der Waals surface area (Å²) in [4.78, 5) is 0.367. The molecule has 3 aromatic carbocycles. The molecule has 0 radical (unpaired) electrons. The van der Waals surface area contributed by atoms with Gasteiger partial charge in [-0.3, -0.25) is 0 Å². The molecule has 3 nitrogen and oxygen atoms in total. The van der Waals surface area contributed by atoms with Crippen LogP contribution in [0, 0.1) is 6.92 Å². The summed E-state index contributed by atoms with van der Waals surface area (Å²) in [5.74, 6) is 0. The van der Waals surface area contributed by atoms with Gasteiger partial charge < -0.3 is 0 Å². The van der Waals surface area contributed by atoms with Crippen molar-refractivity contribution in [2.45, 2.75) is 36.7 Å². The zero-order valence-electron chi connectivity index (χ0n) is 15.3. The zero-order chi connectivity index (χ0) is 18.9. The van der Waals surface area contributed by atoms with Crippen LogP contribution in [0.2, 0.25) is 0 Å². The highest BCUT2D eigenvalue weighted by molar-refractivity contribution is 7.89. The predicted octanol–water partition coefficient (Wildman–Crippen LogP) is 4.74. The molecule has 4 heteroatoms. The van der Waals surface area contributed by atoms with E-state index in [1.807, 2.05) is 67.6 Å². The van der Waals surface area contributed by atoms with Gasteiger partial charge in [0.2, 0.25) is 10.0 Å². The summed E-state index contributed by atoms with van der Waals surface area (Å²) >= 11 is 0. The lowest BCUT2D eigenvalue weighted by molar-refractivity contribution is 0.111. The topological polar surface area (TPSA) is 37.4 Å². The fraction of sp³-hybridized carbons (Fsp3) is 0.217. The molecular weight excluding hydrogens is 354 g/mol. The number of rotatable bonds is 5. The molecule has 1 aliphatic heterocycles. The van der Waals surface area contributed by atoms with Gasteiger partial charge in [-0.15, -0.1) is 0 Å². The molecule has 0 aromatic heterocycles. The van der Waals surface area contributed by atoms with Crippen molar-refractivity contribution in [1.29, 1.82) is 0 Å². The molecule has 0 aliphatic carbocycles. The summed E-state index contributed by atoms with van der Waals surface area (Å²) in [6, 6.07) is 27.1. The van der Waals surface area contributed by atoms with E-state index in [1.54, 1.807) is 16.4 Å². The summed E-state index contributed by atoms with van der Waals surface area (Å²) < 4.78 is 28.6. The van der Waals surface area contributed by atoms with Crippen LogP contribution in [0.5, 0.6) is 0 Å². The van der Waals surface area contributed by atoms with E-state index in [9.17, 15) is 8.42 Å². The van der Waals surface area contributed by atoms with Gasteiger partial charge in [0.25, 0.3) is 0 Å². The molecule has 0 spiro atoms. The number of benzene rings is 3. The Labute approximate surface area is 161 Å². The van der Waals surface area contributed by atoms with Gasteiger partial charge in [-0.05, 0) is 43.0 Å². The van der Waals surface area contributed by atoms with E-state index in [-0.39, 0.29) is 12.1 Å². The highest BCUT2D eigenvalue weighted by Crippen LogP contribution is 2.44. The normalized spacial score (nSPS) is 20.2. The van der Waals surface area contributed by atoms with Gasteiger partial charge in [-0.25, -0.2) is 8.42 Å². The predicted molar refractivity (Wildman–Crippen MR) is 108 cm³/mol. The Hall–Kier alpha value is -2.43. The van der Waals surface area contributed by atoms with Crippen LogP contribution in [-0.4, -0.2) is 18.8 Å². The smallest absolute Gasteiger partial charge is 0.207 e. The van der Waals surface area contributed by atoms with E-state index in [1.165, 1.54) is 0 Å². The lowest BCUT2D eigenvalue weighted by Crippen LogP contribution is -2.54. The van der Waals surface area contributed by atoms with E-state index in [0.717, 1.165) is 29.5 Å². The Morgan fingerprint density at radius 1 is 0.852 bits per heavy atom. The molecule has 3 aromatic rings. The third kappa shape index (κ3) is 3.55. The largest absolute Gasteiger partial charge is 0.243 e. The highest BCUT2D eigenvalue weighted by Gasteiger charge is 2.47. The molecule has 1 fully saturated rings. The maximum Gasteiger partial charge on any atom is 0.243 e. The van der Waals surface area contributed by atoms with E-state index in [0.29, 0.717) is 4.90 Å².